The molecule has 1 fully saturated rings. The molecule has 2 rings (SSSR count). The SMILES string of the molecule is O=c1[nH]c(=S)ccn1[C@@H]1O[C@H](COP(=O)(O)OP(=O)(O)OP(=O)(O)O)C[C@@H]1F. The van der Waals surface area contributed by atoms with E-state index >= 15 is 0 Å². The van der Waals surface area contributed by atoms with Crippen molar-refractivity contribution < 1.29 is 55.5 Å². The van der Waals surface area contributed by atoms with E-state index < -0.39 is 54.3 Å². The molecule has 0 aliphatic carbocycles. The van der Waals surface area contributed by atoms with E-state index in [2.05, 4.69) is 18.1 Å². The van der Waals surface area contributed by atoms with E-state index in [-0.39, 0.29) is 11.1 Å². The monoisotopic (exact) mass is 486 g/mol. The minimum absolute atomic E-state index is 0.110. The Labute approximate surface area is 160 Å². The number of alkyl halides is 1. The lowest BCUT2D eigenvalue weighted by Gasteiger charge is -2.18. The van der Waals surface area contributed by atoms with Gasteiger partial charge in [0.05, 0.1) is 12.7 Å². The number of halogens is 1. The van der Waals surface area contributed by atoms with E-state index in [1.807, 2.05) is 0 Å². The minimum atomic E-state index is -5.66. The fourth-order valence-corrected chi connectivity index (χ4v) is 5.36. The summed E-state index contributed by atoms with van der Waals surface area (Å²) in [6.07, 6.45) is -3.46. The maximum Gasteiger partial charge on any atom is 0.490 e. The van der Waals surface area contributed by atoms with Crippen molar-refractivity contribution in [2.75, 3.05) is 6.61 Å². The Morgan fingerprint density at radius 1 is 1.25 bits per heavy atom. The van der Waals surface area contributed by atoms with Gasteiger partial charge in [0, 0.05) is 12.6 Å². The van der Waals surface area contributed by atoms with E-state index in [0.29, 0.717) is 0 Å². The summed E-state index contributed by atoms with van der Waals surface area (Å²) >= 11 is 4.75. The molecule has 0 amide bonds. The lowest BCUT2D eigenvalue weighted by atomic mass is 10.2. The number of nitrogens with one attached hydrogen (secondary N) is 1. The van der Waals surface area contributed by atoms with Crippen LogP contribution in [0.3, 0.4) is 0 Å². The van der Waals surface area contributed by atoms with Crippen LogP contribution in [0.1, 0.15) is 12.6 Å². The first kappa shape index (κ1) is 23.7. The van der Waals surface area contributed by atoms with Crippen LogP contribution in [0, 0.1) is 4.64 Å². The molecule has 1 aliphatic heterocycles. The van der Waals surface area contributed by atoms with Gasteiger partial charge in [-0.1, -0.05) is 12.2 Å². The summed E-state index contributed by atoms with van der Waals surface area (Å²) in [5.74, 6) is 0. The number of ether oxygens (including phenoxy) is 1. The van der Waals surface area contributed by atoms with Gasteiger partial charge in [0.1, 0.15) is 10.8 Å². The summed E-state index contributed by atoms with van der Waals surface area (Å²) < 4.78 is 65.1. The number of aromatic nitrogens is 2. The Morgan fingerprint density at radius 2 is 1.89 bits per heavy atom. The van der Waals surface area contributed by atoms with E-state index in [0.717, 1.165) is 4.57 Å². The van der Waals surface area contributed by atoms with Crippen molar-refractivity contribution in [3.63, 3.8) is 0 Å². The quantitative estimate of drug-likeness (QED) is 0.256. The second-order valence-electron chi connectivity index (χ2n) is 5.30. The number of rotatable bonds is 8. The van der Waals surface area contributed by atoms with Gasteiger partial charge in [-0.15, -0.1) is 0 Å². The Balaban J connectivity index is 1.98. The third-order valence-electron chi connectivity index (χ3n) is 3.09. The first-order valence-corrected chi connectivity index (χ1v) is 12.0. The Morgan fingerprint density at radius 3 is 2.46 bits per heavy atom. The summed E-state index contributed by atoms with van der Waals surface area (Å²) in [5, 5.41) is 0. The van der Waals surface area contributed by atoms with Crippen LogP contribution in [0.25, 0.3) is 0 Å². The normalized spacial score (nSPS) is 27.2. The Bertz CT molecular complexity index is 976. The molecular weight excluding hydrogens is 472 g/mol. The molecule has 2 unspecified atom stereocenters. The first-order chi connectivity index (χ1) is 12.7. The molecule has 0 bridgehead atoms. The number of H-pyrrole nitrogens is 1. The molecule has 5 N–H and O–H groups in total. The van der Waals surface area contributed by atoms with Crippen LogP contribution < -0.4 is 5.69 Å². The highest BCUT2D eigenvalue weighted by Crippen LogP contribution is 2.66. The lowest BCUT2D eigenvalue weighted by molar-refractivity contribution is -0.0388. The van der Waals surface area contributed by atoms with Crippen molar-refractivity contribution in [3.05, 3.63) is 27.4 Å². The summed E-state index contributed by atoms with van der Waals surface area (Å²) in [4.78, 5) is 49.3. The number of aromatic amines is 1. The maximum atomic E-state index is 14.1. The number of phosphoric ester groups is 1. The minimum Gasteiger partial charge on any atom is -0.349 e. The van der Waals surface area contributed by atoms with Gasteiger partial charge in [-0.2, -0.15) is 8.62 Å². The predicted octanol–water partition coefficient (Wildman–Crippen LogP) is 0.875. The van der Waals surface area contributed by atoms with Crippen molar-refractivity contribution in [2.24, 2.45) is 0 Å². The van der Waals surface area contributed by atoms with E-state index in [4.69, 9.17) is 31.6 Å². The van der Waals surface area contributed by atoms with Crippen LogP contribution >= 0.6 is 35.7 Å². The third-order valence-corrected chi connectivity index (χ3v) is 7.13. The van der Waals surface area contributed by atoms with Crippen LogP contribution in [-0.4, -0.2) is 48.0 Å². The molecule has 0 spiro atoms. The highest BCUT2D eigenvalue weighted by molar-refractivity contribution is 7.71. The summed E-state index contributed by atoms with van der Waals surface area (Å²) in [5.41, 5.74) is -0.756. The molecule has 1 aliphatic rings. The van der Waals surface area contributed by atoms with Gasteiger partial charge in [0.25, 0.3) is 0 Å². The van der Waals surface area contributed by atoms with E-state index in [1.165, 1.54) is 12.3 Å². The van der Waals surface area contributed by atoms with Crippen LogP contribution in [0.4, 0.5) is 4.39 Å². The van der Waals surface area contributed by atoms with E-state index in [1.54, 1.807) is 0 Å². The zero-order chi connectivity index (χ0) is 21.3. The van der Waals surface area contributed by atoms with Crippen molar-refractivity contribution in [1.29, 1.82) is 0 Å². The van der Waals surface area contributed by atoms with Crippen molar-refractivity contribution in [1.82, 2.24) is 9.55 Å². The number of nitrogens with zero attached hydrogens (tertiary/aromatic N) is 1. The molecule has 1 aromatic rings. The van der Waals surface area contributed by atoms with Crippen LogP contribution in [0.5, 0.6) is 0 Å². The number of hydrogen-bond acceptors (Lipinski definition) is 9. The molecule has 5 atom stereocenters. The highest BCUT2D eigenvalue weighted by atomic mass is 32.1. The molecular formula is C9H14FN2O12P3S. The molecule has 19 heteroatoms. The zero-order valence-electron chi connectivity index (χ0n) is 13.4. The van der Waals surface area contributed by atoms with Gasteiger partial charge in [0.2, 0.25) is 0 Å². The summed E-state index contributed by atoms with van der Waals surface area (Å²) in [6.45, 7) is -0.821. The molecule has 14 nitrogen and oxygen atoms in total. The average Bonchev–Trinajstić information content (AvgIpc) is 2.82. The smallest absolute Gasteiger partial charge is 0.349 e. The number of phosphoric acid groups is 3. The van der Waals surface area contributed by atoms with Crippen molar-refractivity contribution in [2.45, 2.75) is 24.9 Å². The van der Waals surface area contributed by atoms with Gasteiger partial charge in [0.15, 0.2) is 6.23 Å². The molecule has 1 aromatic heterocycles. The van der Waals surface area contributed by atoms with E-state index in [9.17, 15) is 27.8 Å². The Hall–Kier alpha value is -0.600. The summed E-state index contributed by atoms with van der Waals surface area (Å²) in [6, 6.07) is 1.31. The standard InChI is InChI=1S/C9H14FN2O12P3S/c10-6-3-5(22-8(6)12-2-1-7(28)11-9(12)13)4-21-26(17,18)24-27(19,20)23-25(14,15)16/h1-2,5-6,8H,3-4H2,(H,17,18)(H,19,20)(H,11,13,28)(H2,14,15,16)/t5-,6-,8+/m0/s1. The molecule has 160 valence electrons. The fourth-order valence-electron chi connectivity index (χ4n) is 2.16. The van der Waals surface area contributed by atoms with Crippen LogP contribution in [-0.2, 0) is 31.6 Å². The molecule has 2 heterocycles. The van der Waals surface area contributed by atoms with Gasteiger partial charge < -0.3 is 24.3 Å². The van der Waals surface area contributed by atoms with Gasteiger partial charge in [-0.05, 0) is 6.07 Å². The predicted molar refractivity (Wildman–Crippen MR) is 89.1 cm³/mol. The molecule has 1 saturated heterocycles. The van der Waals surface area contributed by atoms with Gasteiger partial charge >= 0.3 is 29.2 Å². The fraction of sp³-hybridized carbons (Fsp3) is 0.556. The average molecular weight is 486 g/mol. The molecule has 0 radical (unpaired) electrons. The van der Waals surface area contributed by atoms with Gasteiger partial charge in [-0.25, -0.2) is 22.9 Å². The molecule has 28 heavy (non-hydrogen) atoms. The maximum absolute atomic E-state index is 14.1. The van der Waals surface area contributed by atoms with Gasteiger partial charge in [-0.3, -0.25) is 14.1 Å². The Kier molecular flexibility index (Phi) is 7.31. The van der Waals surface area contributed by atoms with Crippen LogP contribution in [0.15, 0.2) is 17.1 Å². The first-order valence-electron chi connectivity index (χ1n) is 7.07. The lowest BCUT2D eigenvalue weighted by Crippen LogP contribution is -2.30. The summed E-state index contributed by atoms with van der Waals surface area (Å²) in [7, 11) is -16.5. The van der Waals surface area contributed by atoms with Crippen LogP contribution in [0.2, 0.25) is 0 Å². The highest BCUT2D eigenvalue weighted by Gasteiger charge is 2.43. The van der Waals surface area contributed by atoms with Crippen molar-refractivity contribution in [3.8, 4) is 0 Å². The number of hydrogen-bond donors (Lipinski definition) is 5. The van der Waals surface area contributed by atoms with Crippen molar-refractivity contribution >= 4 is 35.7 Å². The molecule has 0 saturated carbocycles. The molecule has 0 aromatic carbocycles. The second kappa shape index (κ2) is 8.64. The third kappa shape index (κ3) is 7.02. The largest absolute Gasteiger partial charge is 0.490 e. The second-order valence-corrected chi connectivity index (χ2v) is 10.2. The topological polar surface area (TPSA) is 207 Å². The zero-order valence-corrected chi connectivity index (χ0v) is 16.9.